The summed E-state index contributed by atoms with van der Waals surface area (Å²) in [5, 5.41) is 16.8. The van der Waals surface area contributed by atoms with Crippen LogP contribution in [0.2, 0.25) is 0 Å². The summed E-state index contributed by atoms with van der Waals surface area (Å²) in [6.07, 6.45) is 0. The van der Waals surface area contributed by atoms with Crippen molar-refractivity contribution in [2.75, 3.05) is 6.61 Å². The normalized spacial score (nSPS) is 9.79. The van der Waals surface area contributed by atoms with E-state index in [1.165, 1.54) is 11.3 Å². The highest BCUT2D eigenvalue weighted by molar-refractivity contribution is 7.10. The number of carbonyl (C=O) groups excluding carboxylic acids is 1. The molecule has 2 rings (SSSR count). The second-order valence-corrected chi connectivity index (χ2v) is 4.69. The summed E-state index contributed by atoms with van der Waals surface area (Å²) in [7, 11) is 0. The van der Waals surface area contributed by atoms with Gasteiger partial charge in [-0.1, -0.05) is 17.0 Å². The van der Waals surface area contributed by atoms with Gasteiger partial charge in [-0.3, -0.25) is 4.79 Å². The minimum absolute atomic E-state index is 0.190. The number of amides is 1. The zero-order valence-corrected chi connectivity index (χ0v) is 11.1. The molecule has 0 aliphatic rings. The van der Waals surface area contributed by atoms with Crippen LogP contribution in [-0.2, 0) is 6.54 Å². The smallest absolute Gasteiger partial charge is 0.252 e. The van der Waals surface area contributed by atoms with Gasteiger partial charge in [-0.2, -0.15) is 0 Å². The zero-order chi connectivity index (χ0) is 13.7. The minimum atomic E-state index is -0.192. The number of hydrogen-bond acceptors (Lipinski definition) is 5. The predicted octanol–water partition coefficient (Wildman–Crippen LogP) is 1.32. The van der Waals surface area contributed by atoms with Gasteiger partial charge < -0.3 is 14.9 Å². The minimum Gasteiger partial charge on any atom is -0.384 e. The van der Waals surface area contributed by atoms with Gasteiger partial charge in [0.15, 0.2) is 5.76 Å². The maximum Gasteiger partial charge on any atom is 0.252 e. The molecule has 6 heteroatoms. The standard InChI is InChI=1S/C13H12N2O3S/c1-9-5-11(18-15-9)7-14-13(17)10-6-12(19-8-10)3-2-4-16/h5-6,8,16H,4,7H2,1H3,(H,14,17). The van der Waals surface area contributed by atoms with Crippen molar-refractivity contribution in [3.8, 4) is 11.8 Å². The van der Waals surface area contributed by atoms with Crippen molar-refractivity contribution in [3.63, 3.8) is 0 Å². The number of nitrogens with one attached hydrogen (secondary N) is 1. The zero-order valence-electron chi connectivity index (χ0n) is 10.3. The number of thiophene rings is 1. The highest BCUT2D eigenvalue weighted by Gasteiger charge is 2.09. The van der Waals surface area contributed by atoms with E-state index < -0.39 is 0 Å². The SMILES string of the molecule is Cc1cc(CNC(=O)c2csc(C#CCO)c2)on1. The van der Waals surface area contributed by atoms with Crippen molar-refractivity contribution in [3.05, 3.63) is 39.4 Å². The molecule has 2 N–H and O–H groups in total. The summed E-state index contributed by atoms with van der Waals surface area (Å²) in [5.74, 6) is 5.72. The van der Waals surface area contributed by atoms with E-state index in [-0.39, 0.29) is 12.5 Å². The quantitative estimate of drug-likeness (QED) is 0.829. The Balaban J connectivity index is 1.94. The molecule has 0 aromatic carbocycles. The van der Waals surface area contributed by atoms with E-state index in [2.05, 4.69) is 22.3 Å². The summed E-state index contributed by atoms with van der Waals surface area (Å²) in [6.45, 7) is 1.93. The fraction of sp³-hybridized carbons (Fsp3) is 0.231. The molecule has 2 aromatic heterocycles. The van der Waals surface area contributed by atoms with Gasteiger partial charge in [0.25, 0.3) is 5.91 Å². The first-order chi connectivity index (χ1) is 9.19. The van der Waals surface area contributed by atoms with Crippen molar-refractivity contribution < 1.29 is 14.4 Å². The lowest BCUT2D eigenvalue weighted by molar-refractivity contribution is 0.0947. The lowest BCUT2D eigenvalue weighted by Crippen LogP contribution is -2.21. The predicted molar refractivity (Wildman–Crippen MR) is 70.7 cm³/mol. The molecule has 0 aliphatic carbocycles. The van der Waals surface area contributed by atoms with Crippen LogP contribution in [0, 0.1) is 18.8 Å². The summed E-state index contributed by atoms with van der Waals surface area (Å²) in [6, 6.07) is 3.46. The van der Waals surface area contributed by atoms with Crippen LogP contribution >= 0.6 is 11.3 Å². The monoisotopic (exact) mass is 276 g/mol. The van der Waals surface area contributed by atoms with Crippen molar-refractivity contribution in [2.24, 2.45) is 0 Å². The Morgan fingerprint density at radius 2 is 2.42 bits per heavy atom. The fourth-order valence-electron chi connectivity index (χ4n) is 1.42. The van der Waals surface area contributed by atoms with E-state index >= 15 is 0 Å². The van der Waals surface area contributed by atoms with Crippen LogP contribution in [-0.4, -0.2) is 22.8 Å². The van der Waals surface area contributed by atoms with Crippen LogP contribution in [0.5, 0.6) is 0 Å². The number of nitrogens with zero attached hydrogens (tertiary/aromatic N) is 1. The molecule has 0 aliphatic heterocycles. The molecule has 0 unspecified atom stereocenters. The molecule has 0 atom stereocenters. The van der Waals surface area contributed by atoms with Crippen molar-refractivity contribution >= 4 is 17.2 Å². The number of aliphatic hydroxyl groups excluding tert-OH is 1. The number of aryl methyl sites for hydroxylation is 1. The number of rotatable bonds is 3. The highest BCUT2D eigenvalue weighted by Crippen LogP contribution is 2.13. The van der Waals surface area contributed by atoms with Crippen molar-refractivity contribution in [1.29, 1.82) is 0 Å². The Bertz CT molecular complexity index is 634. The highest BCUT2D eigenvalue weighted by atomic mass is 32.1. The van der Waals surface area contributed by atoms with Gasteiger partial charge >= 0.3 is 0 Å². The molecule has 5 nitrogen and oxygen atoms in total. The van der Waals surface area contributed by atoms with E-state index in [1.807, 2.05) is 6.92 Å². The number of carbonyl (C=O) groups is 1. The van der Waals surface area contributed by atoms with Crippen molar-refractivity contribution in [1.82, 2.24) is 10.5 Å². The van der Waals surface area contributed by atoms with Crippen LogP contribution in [0.15, 0.2) is 22.0 Å². The molecule has 2 aromatic rings. The third-order valence-electron chi connectivity index (χ3n) is 2.25. The topological polar surface area (TPSA) is 75.4 Å². The Kier molecular flexibility index (Phi) is 4.34. The van der Waals surface area contributed by atoms with Gasteiger partial charge in [0.2, 0.25) is 0 Å². The largest absolute Gasteiger partial charge is 0.384 e. The van der Waals surface area contributed by atoms with Gasteiger partial charge in [0.05, 0.1) is 22.7 Å². The molecule has 19 heavy (non-hydrogen) atoms. The van der Waals surface area contributed by atoms with Gasteiger partial charge in [-0.25, -0.2) is 0 Å². The van der Waals surface area contributed by atoms with E-state index in [1.54, 1.807) is 17.5 Å². The van der Waals surface area contributed by atoms with Gasteiger partial charge in [0, 0.05) is 11.4 Å². The third-order valence-corrected chi connectivity index (χ3v) is 3.10. The maximum absolute atomic E-state index is 11.8. The number of hydrogen-bond donors (Lipinski definition) is 2. The second-order valence-electron chi connectivity index (χ2n) is 3.78. The fourth-order valence-corrected chi connectivity index (χ4v) is 2.17. The Morgan fingerprint density at radius 1 is 1.58 bits per heavy atom. The molecule has 0 fully saturated rings. The third kappa shape index (κ3) is 3.68. The Hall–Kier alpha value is -2.10. The van der Waals surface area contributed by atoms with Crippen LogP contribution in [0.1, 0.15) is 26.7 Å². The average Bonchev–Trinajstić information content (AvgIpc) is 3.02. The average molecular weight is 276 g/mol. The molecule has 0 bridgehead atoms. The van der Waals surface area contributed by atoms with E-state index in [0.29, 0.717) is 17.9 Å². The first-order valence-electron chi connectivity index (χ1n) is 5.57. The molecule has 0 spiro atoms. The van der Waals surface area contributed by atoms with E-state index in [9.17, 15) is 4.79 Å². The molecule has 0 radical (unpaired) electrons. The number of aliphatic hydroxyl groups is 1. The molecular weight excluding hydrogens is 264 g/mol. The van der Waals surface area contributed by atoms with Gasteiger partial charge in [0.1, 0.15) is 6.61 Å². The summed E-state index contributed by atoms with van der Waals surface area (Å²) < 4.78 is 5.00. The second kappa shape index (κ2) is 6.18. The number of aromatic nitrogens is 1. The van der Waals surface area contributed by atoms with Gasteiger partial charge in [-0.05, 0) is 13.0 Å². The summed E-state index contributed by atoms with van der Waals surface area (Å²) >= 11 is 1.36. The maximum atomic E-state index is 11.8. The summed E-state index contributed by atoms with van der Waals surface area (Å²) in [4.78, 5) is 12.6. The van der Waals surface area contributed by atoms with Crippen LogP contribution in [0.4, 0.5) is 0 Å². The molecular formula is C13H12N2O3S. The van der Waals surface area contributed by atoms with Crippen LogP contribution < -0.4 is 5.32 Å². The lowest BCUT2D eigenvalue weighted by atomic mass is 10.3. The van der Waals surface area contributed by atoms with E-state index in [4.69, 9.17) is 9.63 Å². The lowest BCUT2D eigenvalue weighted by Gasteiger charge is -1.99. The van der Waals surface area contributed by atoms with E-state index in [0.717, 1.165) is 10.6 Å². The Morgan fingerprint density at radius 3 is 3.11 bits per heavy atom. The molecule has 2 heterocycles. The van der Waals surface area contributed by atoms with Crippen LogP contribution in [0.25, 0.3) is 0 Å². The first kappa shape index (κ1) is 13.3. The summed E-state index contributed by atoms with van der Waals surface area (Å²) in [5.41, 5.74) is 1.32. The molecule has 0 saturated carbocycles. The van der Waals surface area contributed by atoms with Gasteiger partial charge in [-0.15, -0.1) is 11.3 Å². The first-order valence-corrected chi connectivity index (χ1v) is 6.45. The molecule has 98 valence electrons. The van der Waals surface area contributed by atoms with Crippen LogP contribution in [0.3, 0.4) is 0 Å². The van der Waals surface area contributed by atoms with Crippen molar-refractivity contribution in [2.45, 2.75) is 13.5 Å². The molecule has 0 saturated heterocycles. The molecule has 1 amide bonds. The Labute approximate surface area is 114 Å².